The largest absolute Gasteiger partial charge is 0.347 e. The fourth-order valence-corrected chi connectivity index (χ4v) is 1.08. The lowest BCUT2D eigenvalue weighted by molar-refractivity contribution is -0.138. The van der Waals surface area contributed by atoms with E-state index in [1.165, 1.54) is 4.90 Å². The van der Waals surface area contributed by atoms with Gasteiger partial charge in [0.25, 0.3) is 0 Å². The maximum Gasteiger partial charge on any atom is 0.241 e. The summed E-state index contributed by atoms with van der Waals surface area (Å²) in [4.78, 5) is 26.2. The lowest BCUT2D eigenvalue weighted by atomic mass is 10.3. The summed E-state index contributed by atoms with van der Waals surface area (Å²) in [5.74, 6) is -0.0915. The van der Waals surface area contributed by atoms with E-state index in [1.807, 2.05) is 20.8 Å². The minimum absolute atomic E-state index is 0.0357. The van der Waals surface area contributed by atoms with Crippen molar-refractivity contribution in [1.82, 2.24) is 15.1 Å². The highest BCUT2D eigenvalue weighted by Gasteiger charge is 2.16. The molecule has 16 heavy (non-hydrogen) atoms. The van der Waals surface area contributed by atoms with E-state index in [0.717, 1.165) is 0 Å². The Labute approximate surface area is 97.8 Å². The fraction of sp³-hybridized carbons (Fsp3) is 0.818. The third-order valence-corrected chi connectivity index (χ3v) is 2.22. The van der Waals surface area contributed by atoms with Crippen LogP contribution < -0.4 is 5.32 Å². The number of nitrogens with zero attached hydrogens (tertiary/aromatic N) is 2. The average Bonchev–Trinajstić information content (AvgIpc) is 2.21. The van der Waals surface area contributed by atoms with Crippen molar-refractivity contribution < 1.29 is 9.59 Å². The molecule has 0 fully saturated rings. The van der Waals surface area contributed by atoms with Crippen LogP contribution in [0.5, 0.6) is 0 Å². The predicted octanol–water partition coefficient (Wildman–Crippen LogP) is -0.0789. The molecule has 0 spiro atoms. The molecule has 0 heterocycles. The molecular formula is C11H23N3O2. The van der Waals surface area contributed by atoms with Gasteiger partial charge in [-0.05, 0) is 6.92 Å². The van der Waals surface area contributed by atoms with Crippen LogP contribution in [0.1, 0.15) is 20.8 Å². The molecule has 0 aromatic rings. The normalized spacial score (nSPS) is 10.4. The first kappa shape index (κ1) is 14.9. The van der Waals surface area contributed by atoms with Gasteiger partial charge in [-0.1, -0.05) is 13.8 Å². The van der Waals surface area contributed by atoms with Crippen LogP contribution in [0.4, 0.5) is 0 Å². The lowest BCUT2D eigenvalue weighted by Gasteiger charge is -2.22. The summed E-state index contributed by atoms with van der Waals surface area (Å²) in [6.07, 6.45) is 0. The van der Waals surface area contributed by atoms with Crippen molar-refractivity contribution in [3.63, 3.8) is 0 Å². The van der Waals surface area contributed by atoms with Crippen LogP contribution >= 0.6 is 0 Å². The zero-order valence-corrected chi connectivity index (χ0v) is 10.9. The van der Waals surface area contributed by atoms with Gasteiger partial charge >= 0.3 is 0 Å². The number of carbonyl (C=O) groups is 2. The highest BCUT2D eigenvalue weighted by Crippen LogP contribution is 1.92. The summed E-state index contributed by atoms with van der Waals surface area (Å²) < 4.78 is 0. The van der Waals surface area contributed by atoms with Gasteiger partial charge < -0.3 is 15.1 Å². The van der Waals surface area contributed by atoms with Gasteiger partial charge in [0.05, 0.1) is 13.1 Å². The molecule has 0 aliphatic carbocycles. The maximum atomic E-state index is 11.7. The Morgan fingerprint density at radius 2 is 1.75 bits per heavy atom. The number of amides is 2. The Kier molecular flexibility index (Phi) is 6.72. The van der Waals surface area contributed by atoms with Gasteiger partial charge in [-0.2, -0.15) is 0 Å². The summed E-state index contributed by atoms with van der Waals surface area (Å²) in [5.41, 5.74) is 0. The van der Waals surface area contributed by atoms with Crippen LogP contribution in [0, 0.1) is 0 Å². The minimum atomic E-state index is -0.0558. The number of nitrogens with one attached hydrogen (secondary N) is 1. The second kappa shape index (κ2) is 7.22. The summed E-state index contributed by atoms with van der Waals surface area (Å²) in [6.45, 7) is 6.83. The first-order chi connectivity index (χ1) is 7.38. The van der Waals surface area contributed by atoms with Crippen molar-refractivity contribution in [2.24, 2.45) is 0 Å². The molecule has 0 rings (SSSR count). The van der Waals surface area contributed by atoms with Gasteiger partial charge in [-0.3, -0.25) is 9.59 Å². The van der Waals surface area contributed by atoms with E-state index in [4.69, 9.17) is 0 Å². The molecule has 0 bridgehead atoms. The third kappa shape index (κ3) is 5.70. The first-order valence-electron chi connectivity index (χ1n) is 5.59. The molecular weight excluding hydrogens is 206 g/mol. The molecule has 0 aromatic heterocycles. The van der Waals surface area contributed by atoms with Crippen molar-refractivity contribution in [2.45, 2.75) is 26.8 Å². The zero-order chi connectivity index (χ0) is 12.7. The summed E-state index contributed by atoms with van der Waals surface area (Å²) in [7, 11) is 3.38. The monoisotopic (exact) mass is 229 g/mol. The number of hydrogen-bond donors (Lipinski definition) is 1. The van der Waals surface area contributed by atoms with E-state index in [2.05, 4.69) is 5.32 Å². The van der Waals surface area contributed by atoms with Crippen molar-refractivity contribution in [1.29, 1.82) is 0 Å². The van der Waals surface area contributed by atoms with Crippen LogP contribution in [-0.2, 0) is 9.59 Å². The van der Waals surface area contributed by atoms with Crippen molar-refractivity contribution in [3.05, 3.63) is 0 Å². The van der Waals surface area contributed by atoms with Gasteiger partial charge in [0, 0.05) is 26.7 Å². The third-order valence-electron chi connectivity index (χ3n) is 2.22. The maximum absolute atomic E-state index is 11.7. The van der Waals surface area contributed by atoms with Crippen LogP contribution in [0.2, 0.25) is 0 Å². The summed E-state index contributed by atoms with van der Waals surface area (Å²) >= 11 is 0. The van der Waals surface area contributed by atoms with Crippen molar-refractivity contribution >= 4 is 11.8 Å². The zero-order valence-electron chi connectivity index (χ0n) is 10.9. The molecule has 0 aliphatic heterocycles. The first-order valence-corrected chi connectivity index (χ1v) is 5.59. The second-order valence-electron chi connectivity index (χ2n) is 4.23. The number of carbonyl (C=O) groups excluding carboxylic acids is 2. The molecule has 0 aromatic carbocycles. The van der Waals surface area contributed by atoms with Gasteiger partial charge in [0.15, 0.2) is 0 Å². The Balaban J connectivity index is 4.17. The van der Waals surface area contributed by atoms with Crippen molar-refractivity contribution in [3.8, 4) is 0 Å². The Hall–Kier alpha value is -1.10. The molecule has 0 saturated carbocycles. The van der Waals surface area contributed by atoms with Crippen LogP contribution in [0.3, 0.4) is 0 Å². The van der Waals surface area contributed by atoms with E-state index < -0.39 is 0 Å². The molecule has 5 heteroatoms. The van der Waals surface area contributed by atoms with E-state index in [1.54, 1.807) is 19.0 Å². The SMILES string of the molecule is CCN(CC(=O)N(C)C)C(=O)CNC(C)C. The van der Waals surface area contributed by atoms with Gasteiger partial charge in [0.2, 0.25) is 11.8 Å². The van der Waals surface area contributed by atoms with Crippen LogP contribution in [0.15, 0.2) is 0 Å². The molecule has 94 valence electrons. The Morgan fingerprint density at radius 1 is 1.19 bits per heavy atom. The number of hydrogen-bond acceptors (Lipinski definition) is 3. The van der Waals surface area contributed by atoms with Crippen molar-refractivity contribution in [2.75, 3.05) is 33.7 Å². The minimum Gasteiger partial charge on any atom is -0.347 e. The molecule has 1 N–H and O–H groups in total. The molecule has 0 radical (unpaired) electrons. The lowest BCUT2D eigenvalue weighted by Crippen LogP contribution is -2.44. The molecule has 0 saturated heterocycles. The number of rotatable bonds is 6. The predicted molar refractivity (Wildman–Crippen MR) is 64.1 cm³/mol. The van der Waals surface area contributed by atoms with E-state index in [9.17, 15) is 9.59 Å². The standard InChI is InChI=1S/C11H23N3O2/c1-6-14(8-11(16)13(4)5)10(15)7-12-9(2)3/h9,12H,6-8H2,1-5H3. The van der Waals surface area contributed by atoms with Crippen LogP contribution in [0.25, 0.3) is 0 Å². The molecule has 0 aliphatic rings. The van der Waals surface area contributed by atoms with E-state index in [0.29, 0.717) is 6.54 Å². The summed E-state index contributed by atoms with van der Waals surface area (Å²) in [6, 6.07) is 0.271. The van der Waals surface area contributed by atoms with Gasteiger partial charge in [-0.15, -0.1) is 0 Å². The van der Waals surface area contributed by atoms with Gasteiger partial charge in [0.1, 0.15) is 0 Å². The van der Waals surface area contributed by atoms with Crippen LogP contribution in [-0.4, -0.2) is 61.4 Å². The average molecular weight is 229 g/mol. The topological polar surface area (TPSA) is 52.7 Å². The molecule has 0 atom stereocenters. The molecule has 5 nitrogen and oxygen atoms in total. The smallest absolute Gasteiger partial charge is 0.241 e. The highest BCUT2D eigenvalue weighted by molar-refractivity contribution is 5.85. The fourth-order valence-electron chi connectivity index (χ4n) is 1.08. The second-order valence-corrected chi connectivity index (χ2v) is 4.23. The molecule has 0 unspecified atom stereocenters. The number of likely N-dealkylation sites (N-methyl/N-ethyl adjacent to an activating group) is 2. The Morgan fingerprint density at radius 3 is 2.12 bits per heavy atom. The quantitative estimate of drug-likeness (QED) is 0.693. The molecule has 2 amide bonds. The highest BCUT2D eigenvalue weighted by atomic mass is 16.2. The van der Waals surface area contributed by atoms with Gasteiger partial charge in [-0.25, -0.2) is 0 Å². The summed E-state index contributed by atoms with van der Waals surface area (Å²) in [5, 5.41) is 3.05. The van der Waals surface area contributed by atoms with E-state index in [-0.39, 0.29) is 30.9 Å². The van der Waals surface area contributed by atoms with E-state index >= 15 is 0 Å². The Bertz CT molecular complexity index is 239.